The highest BCUT2D eigenvalue weighted by atomic mass is 16.8. The number of rotatable bonds is 6. The molecule has 0 bridgehead atoms. The average Bonchev–Trinajstić information content (AvgIpc) is 2.86. The summed E-state index contributed by atoms with van der Waals surface area (Å²) in [5.41, 5.74) is 24.0. The minimum atomic E-state index is -1.54. The van der Waals surface area contributed by atoms with Crippen LogP contribution in [0.2, 0.25) is 0 Å². The Bertz CT molecular complexity index is 756. The van der Waals surface area contributed by atoms with Crippen molar-refractivity contribution >= 4 is 0 Å². The molecule has 0 spiro atoms. The SMILES string of the molecule is CN[C@H]1[C@@H](O[C@H]2O[C@H](CO)[C@@H](N)[C@@H](O)[C@H]2O)O[C@@H]2C[C@H](N)[C@@H](O[C@H]3[C@@H](O)[C@H](O)[C@@H](N)C[C@H]3N)O[C@@H]2[C@H]1O. The summed E-state index contributed by atoms with van der Waals surface area (Å²) >= 11 is 0. The van der Waals surface area contributed by atoms with E-state index in [0.717, 1.165) is 0 Å². The maximum absolute atomic E-state index is 11.1. The van der Waals surface area contributed by atoms with E-state index >= 15 is 0 Å². The van der Waals surface area contributed by atoms with Gasteiger partial charge >= 0.3 is 0 Å². The zero-order valence-electron chi connectivity index (χ0n) is 20.5. The zero-order valence-corrected chi connectivity index (χ0v) is 20.5. The van der Waals surface area contributed by atoms with Crippen LogP contribution in [0.5, 0.6) is 0 Å². The third-order valence-corrected chi connectivity index (χ3v) is 7.74. The van der Waals surface area contributed by atoms with Gasteiger partial charge in [0.15, 0.2) is 18.9 Å². The van der Waals surface area contributed by atoms with Crippen LogP contribution in [-0.4, -0.2) is 148 Å². The normalized spacial score (nSPS) is 55.1. The molecule has 16 nitrogen and oxygen atoms in total. The van der Waals surface area contributed by atoms with Crippen LogP contribution < -0.4 is 28.3 Å². The lowest BCUT2D eigenvalue weighted by Crippen LogP contribution is -2.70. The molecule has 0 aromatic heterocycles. The van der Waals surface area contributed by atoms with E-state index in [1.165, 1.54) is 0 Å². The Balaban J connectivity index is 1.43. The van der Waals surface area contributed by atoms with E-state index in [-0.39, 0.29) is 12.8 Å². The summed E-state index contributed by atoms with van der Waals surface area (Å²) in [5.74, 6) is 0. The standard InChI is InChI=1S/C21H41N5O11/c1-26-11-14(30)18-8(33-20(11)37-21-16(32)13(29)10(25)9(4-27)34-21)3-7(24)19(36-18)35-17-6(23)2-5(22)12(28)15(17)31/h5-21,26-32H,2-4,22-25H2,1H3/t5-,6+,7-,8+,9+,10+,11+,12+,13+,14-,15-,16+,17+,18-,19-,20+,21+/m0/s1. The topological polar surface area (TPSA) is 284 Å². The first kappa shape index (κ1) is 29.3. The molecule has 4 fully saturated rings. The minimum absolute atomic E-state index is 0.156. The smallest absolute Gasteiger partial charge is 0.189 e. The lowest BCUT2D eigenvalue weighted by Gasteiger charge is -2.51. The molecular formula is C21H41N5O11. The minimum Gasteiger partial charge on any atom is -0.394 e. The van der Waals surface area contributed by atoms with Crippen molar-refractivity contribution in [3.63, 3.8) is 0 Å². The van der Waals surface area contributed by atoms with Crippen molar-refractivity contribution in [2.75, 3.05) is 13.7 Å². The van der Waals surface area contributed by atoms with Crippen LogP contribution in [0.25, 0.3) is 0 Å². The molecule has 15 N–H and O–H groups in total. The number of fused-ring (bicyclic) bond motifs is 1. The molecule has 37 heavy (non-hydrogen) atoms. The van der Waals surface area contributed by atoms with Crippen molar-refractivity contribution in [2.45, 2.75) is 117 Å². The van der Waals surface area contributed by atoms with E-state index in [1.807, 2.05) is 0 Å². The fourth-order valence-electron chi connectivity index (χ4n) is 5.46. The number of nitrogens with two attached hydrogens (primary N) is 4. The van der Waals surface area contributed by atoms with E-state index in [9.17, 15) is 30.6 Å². The van der Waals surface area contributed by atoms with E-state index in [0.29, 0.717) is 0 Å². The molecule has 17 atom stereocenters. The quantitative estimate of drug-likeness (QED) is 0.149. The molecule has 0 amide bonds. The van der Waals surface area contributed by atoms with Crippen LogP contribution in [0.15, 0.2) is 0 Å². The fourth-order valence-corrected chi connectivity index (χ4v) is 5.46. The largest absolute Gasteiger partial charge is 0.394 e. The van der Waals surface area contributed by atoms with Gasteiger partial charge in [-0.05, 0) is 19.9 Å². The first-order valence-corrected chi connectivity index (χ1v) is 12.5. The van der Waals surface area contributed by atoms with Crippen LogP contribution in [0.3, 0.4) is 0 Å². The summed E-state index contributed by atoms with van der Waals surface area (Å²) in [7, 11) is 1.55. The van der Waals surface area contributed by atoms with Crippen molar-refractivity contribution < 1.29 is 54.3 Å². The van der Waals surface area contributed by atoms with Gasteiger partial charge in [-0.3, -0.25) is 0 Å². The van der Waals surface area contributed by atoms with Gasteiger partial charge < -0.3 is 82.6 Å². The van der Waals surface area contributed by atoms with Gasteiger partial charge in [-0.25, -0.2) is 0 Å². The number of aliphatic hydroxyl groups is 6. The van der Waals surface area contributed by atoms with Crippen LogP contribution in [0, 0.1) is 0 Å². The highest BCUT2D eigenvalue weighted by Gasteiger charge is 2.54. The molecule has 0 aromatic rings. The van der Waals surface area contributed by atoms with Gasteiger partial charge in [0.25, 0.3) is 0 Å². The Morgan fingerprint density at radius 1 is 0.730 bits per heavy atom. The Labute approximate surface area is 213 Å². The molecular weight excluding hydrogens is 498 g/mol. The highest BCUT2D eigenvalue weighted by Crippen LogP contribution is 2.35. The van der Waals surface area contributed by atoms with Crippen LogP contribution in [0.1, 0.15) is 12.8 Å². The second-order valence-corrected chi connectivity index (χ2v) is 10.3. The first-order valence-electron chi connectivity index (χ1n) is 12.5. The third-order valence-electron chi connectivity index (χ3n) is 7.74. The molecule has 16 heteroatoms. The van der Waals surface area contributed by atoms with Gasteiger partial charge in [0.1, 0.15) is 42.7 Å². The second-order valence-electron chi connectivity index (χ2n) is 10.3. The number of hydrogen-bond donors (Lipinski definition) is 11. The van der Waals surface area contributed by atoms with Crippen LogP contribution in [-0.2, 0) is 23.7 Å². The summed E-state index contributed by atoms with van der Waals surface area (Å²) in [5, 5.41) is 64.7. The van der Waals surface area contributed by atoms with E-state index < -0.39 is 111 Å². The first-order chi connectivity index (χ1) is 17.5. The summed E-state index contributed by atoms with van der Waals surface area (Å²) < 4.78 is 29.2. The molecule has 1 aliphatic carbocycles. The Kier molecular flexibility index (Phi) is 9.40. The summed E-state index contributed by atoms with van der Waals surface area (Å²) in [4.78, 5) is 0. The molecule has 0 aromatic carbocycles. The van der Waals surface area contributed by atoms with Gasteiger partial charge in [-0.15, -0.1) is 0 Å². The molecule has 3 aliphatic heterocycles. The third kappa shape index (κ3) is 5.66. The second kappa shape index (κ2) is 11.8. The van der Waals surface area contributed by atoms with E-state index in [2.05, 4.69) is 5.32 Å². The van der Waals surface area contributed by atoms with Gasteiger partial charge in [0, 0.05) is 12.1 Å². The zero-order chi connectivity index (χ0) is 27.2. The van der Waals surface area contributed by atoms with Gasteiger partial charge in [-0.2, -0.15) is 0 Å². The van der Waals surface area contributed by atoms with Crippen molar-refractivity contribution in [3.05, 3.63) is 0 Å². The molecule has 0 unspecified atom stereocenters. The molecule has 3 heterocycles. The van der Waals surface area contributed by atoms with Crippen molar-refractivity contribution in [1.29, 1.82) is 0 Å². The van der Waals surface area contributed by atoms with Crippen molar-refractivity contribution in [3.8, 4) is 0 Å². The number of aliphatic hydroxyl groups excluding tert-OH is 6. The molecule has 4 rings (SSSR count). The van der Waals surface area contributed by atoms with Crippen LogP contribution >= 0.6 is 0 Å². The Hall–Kier alpha value is -0.640. The maximum atomic E-state index is 11.1. The monoisotopic (exact) mass is 539 g/mol. The lowest BCUT2D eigenvalue weighted by molar-refractivity contribution is -0.373. The number of ether oxygens (including phenoxy) is 5. The Morgan fingerprint density at radius 2 is 1.43 bits per heavy atom. The predicted molar refractivity (Wildman–Crippen MR) is 123 cm³/mol. The number of hydrogen-bond acceptors (Lipinski definition) is 16. The van der Waals surface area contributed by atoms with Crippen LogP contribution in [0.4, 0.5) is 0 Å². The van der Waals surface area contributed by atoms with E-state index in [1.54, 1.807) is 7.05 Å². The fraction of sp³-hybridized carbons (Fsp3) is 1.00. The van der Waals surface area contributed by atoms with E-state index in [4.69, 9.17) is 46.6 Å². The van der Waals surface area contributed by atoms with Gasteiger partial charge in [-0.1, -0.05) is 0 Å². The summed E-state index contributed by atoms with van der Waals surface area (Å²) in [6.07, 6.45) is -13.7. The average molecular weight is 540 g/mol. The summed E-state index contributed by atoms with van der Waals surface area (Å²) in [6.45, 7) is -0.508. The maximum Gasteiger partial charge on any atom is 0.189 e. The molecule has 3 saturated heterocycles. The van der Waals surface area contributed by atoms with Gasteiger partial charge in [0.2, 0.25) is 0 Å². The van der Waals surface area contributed by atoms with Crippen molar-refractivity contribution in [1.82, 2.24) is 5.32 Å². The van der Waals surface area contributed by atoms with Crippen molar-refractivity contribution in [2.24, 2.45) is 22.9 Å². The Morgan fingerprint density at radius 3 is 2.08 bits per heavy atom. The predicted octanol–water partition coefficient (Wildman–Crippen LogP) is -6.95. The molecule has 216 valence electrons. The summed E-state index contributed by atoms with van der Waals surface area (Å²) in [6, 6.07) is -4.05. The molecule has 0 radical (unpaired) electrons. The lowest BCUT2D eigenvalue weighted by atomic mass is 9.84. The number of likely N-dealkylation sites (N-methyl/N-ethyl adjacent to an activating group) is 1. The number of nitrogens with one attached hydrogen (secondary N) is 1. The molecule has 4 aliphatic rings. The highest BCUT2D eigenvalue weighted by molar-refractivity contribution is 5.01. The molecule has 1 saturated carbocycles. The van der Waals surface area contributed by atoms with Gasteiger partial charge in [0.05, 0.1) is 36.9 Å².